The van der Waals surface area contributed by atoms with Gasteiger partial charge in [0.25, 0.3) is 0 Å². The fourth-order valence-corrected chi connectivity index (χ4v) is 16.4. The molecule has 0 aliphatic heterocycles. The maximum Gasteiger partial charge on any atom is 0.160 e. The van der Waals surface area contributed by atoms with Crippen molar-refractivity contribution in [1.29, 1.82) is 0 Å². The molecule has 15 aromatic carbocycles. The highest BCUT2D eigenvalue weighted by Crippen LogP contribution is 2.47. The molecule has 7 heteroatoms. The van der Waals surface area contributed by atoms with E-state index in [4.69, 9.17) is 9.97 Å². The Bertz CT molecular complexity index is 6300. The van der Waals surface area contributed by atoms with Gasteiger partial charge in [-0.1, -0.05) is 231 Å². The Hall–Kier alpha value is -13.6. The second kappa shape index (κ2) is 22.5. The lowest BCUT2D eigenvalue weighted by Gasteiger charge is -2.22. The van der Waals surface area contributed by atoms with Gasteiger partial charge in [0, 0.05) is 104 Å². The summed E-state index contributed by atoms with van der Waals surface area (Å²) in [5, 5.41) is 12.0. The zero-order valence-corrected chi connectivity index (χ0v) is 54.7. The lowest BCUT2D eigenvalue weighted by Crippen LogP contribution is -2.03. The lowest BCUT2D eigenvalue weighted by molar-refractivity contribution is 1.15. The SMILES string of the molecule is c1ccc(-c2cc(-c3cc(-c4ccc(-n5c6ccccc6c6ccccc65)cc4)c(-n4c5ccc(-n6c7ccccc7c7ccccc76)cc5c5cc(-n6c7ccccc7c7ccccc76)ccc54)c(-c4ccc(-n5c6ccccc6c6ccccc65)cc4)c3)nc(-c3ccccc3)n2)cc1. The molecule has 21 rings (SSSR count). The Labute approximate surface area is 580 Å². The highest BCUT2D eigenvalue weighted by Gasteiger charge is 2.26. The van der Waals surface area contributed by atoms with Crippen molar-refractivity contribution >= 4 is 109 Å². The Morgan fingerprint density at radius 3 is 0.772 bits per heavy atom. The van der Waals surface area contributed by atoms with Crippen LogP contribution in [0, 0.1) is 0 Å². The van der Waals surface area contributed by atoms with Gasteiger partial charge in [-0.05, 0) is 139 Å². The van der Waals surface area contributed by atoms with E-state index >= 15 is 0 Å². The topological polar surface area (TPSA) is 50.4 Å². The fraction of sp³-hybridized carbons (Fsp3) is 0. The number of aromatic nitrogens is 7. The van der Waals surface area contributed by atoms with Gasteiger partial charge in [-0.15, -0.1) is 0 Å². The number of para-hydroxylation sites is 8. The summed E-state index contributed by atoms with van der Waals surface area (Å²) >= 11 is 0. The van der Waals surface area contributed by atoms with Gasteiger partial charge in [-0.3, -0.25) is 0 Å². The molecule has 7 nitrogen and oxygen atoms in total. The third kappa shape index (κ3) is 8.80. The predicted molar refractivity (Wildman–Crippen MR) is 421 cm³/mol. The minimum atomic E-state index is 0.653. The summed E-state index contributed by atoms with van der Waals surface area (Å²) in [6.07, 6.45) is 0. The van der Waals surface area contributed by atoms with E-state index in [1.165, 1.54) is 43.1 Å². The van der Waals surface area contributed by atoms with Gasteiger partial charge < -0.3 is 22.8 Å². The molecule has 0 saturated heterocycles. The largest absolute Gasteiger partial charge is 0.309 e. The zero-order chi connectivity index (χ0) is 66.2. The van der Waals surface area contributed by atoms with Crippen molar-refractivity contribution in [2.45, 2.75) is 0 Å². The van der Waals surface area contributed by atoms with Crippen LogP contribution in [0.15, 0.2) is 358 Å². The Morgan fingerprint density at radius 1 is 0.168 bits per heavy atom. The van der Waals surface area contributed by atoms with Crippen LogP contribution in [-0.4, -0.2) is 32.8 Å². The molecule has 0 spiro atoms. The van der Waals surface area contributed by atoms with Gasteiger partial charge in [0.05, 0.1) is 72.2 Å². The molecule has 0 N–H and O–H groups in total. The van der Waals surface area contributed by atoms with Crippen molar-refractivity contribution in [2.24, 2.45) is 0 Å². The molecule has 0 amide bonds. The predicted octanol–water partition coefficient (Wildman–Crippen LogP) is 24.3. The second-order valence-electron chi connectivity index (χ2n) is 26.4. The van der Waals surface area contributed by atoms with Crippen LogP contribution in [0.2, 0.25) is 0 Å². The number of nitrogens with zero attached hydrogens (tertiary/aromatic N) is 7. The number of fused-ring (bicyclic) bond motifs is 15. The molecule has 0 aliphatic carbocycles. The molecule has 0 aliphatic rings. The fourth-order valence-electron chi connectivity index (χ4n) is 16.4. The Morgan fingerprint density at radius 2 is 0.436 bits per heavy atom. The van der Waals surface area contributed by atoms with E-state index in [9.17, 15) is 0 Å². The van der Waals surface area contributed by atoms with Crippen molar-refractivity contribution in [3.05, 3.63) is 358 Å². The van der Waals surface area contributed by atoms with Crippen LogP contribution in [-0.2, 0) is 0 Å². The maximum atomic E-state index is 5.60. The van der Waals surface area contributed by atoms with Gasteiger partial charge in [-0.2, -0.15) is 0 Å². The van der Waals surface area contributed by atoms with E-state index in [1.54, 1.807) is 0 Å². The maximum absolute atomic E-state index is 5.60. The summed E-state index contributed by atoms with van der Waals surface area (Å²) in [5.41, 5.74) is 25.5. The van der Waals surface area contributed by atoms with Crippen molar-refractivity contribution in [1.82, 2.24) is 32.8 Å². The number of hydrogen-bond donors (Lipinski definition) is 0. The molecular weight excluding hydrogens is 1230 g/mol. The van der Waals surface area contributed by atoms with Gasteiger partial charge in [-0.25, -0.2) is 9.97 Å². The molecule has 21 aromatic rings. The summed E-state index contributed by atoms with van der Waals surface area (Å²) in [6, 6.07) is 131. The highest BCUT2D eigenvalue weighted by molar-refractivity contribution is 6.16. The first-order valence-corrected chi connectivity index (χ1v) is 34.5. The summed E-state index contributed by atoms with van der Waals surface area (Å²) in [6.45, 7) is 0. The molecule has 0 saturated carbocycles. The summed E-state index contributed by atoms with van der Waals surface area (Å²) in [7, 11) is 0. The average Bonchev–Trinajstić information content (AvgIpc) is 1.66. The molecule has 470 valence electrons. The van der Waals surface area contributed by atoms with Gasteiger partial charge in [0.1, 0.15) is 0 Å². The van der Waals surface area contributed by atoms with E-state index in [2.05, 4.69) is 375 Å². The monoisotopic (exact) mass is 1290 g/mol. The third-order valence-electron chi connectivity index (χ3n) is 20.9. The normalized spacial score (nSPS) is 12.0. The number of rotatable bonds is 10. The average molecular weight is 1290 g/mol. The summed E-state index contributed by atoms with van der Waals surface area (Å²) in [4.78, 5) is 10.9. The van der Waals surface area contributed by atoms with Crippen LogP contribution < -0.4 is 0 Å². The van der Waals surface area contributed by atoms with Crippen molar-refractivity contribution in [3.63, 3.8) is 0 Å². The number of benzene rings is 15. The molecule has 0 bridgehead atoms. The van der Waals surface area contributed by atoms with Gasteiger partial charge >= 0.3 is 0 Å². The van der Waals surface area contributed by atoms with E-state index < -0.39 is 0 Å². The summed E-state index contributed by atoms with van der Waals surface area (Å²) < 4.78 is 12.3. The molecule has 6 heterocycles. The van der Waals surface area contributed by atoms with Crippen molar-refractivity contribution in [3.8, 4) is 84.6 Å². The number of hydrogen-bond acceptors (Lipinski definition) is 2. The minimum Gasteiger partial charge on any atom is -0.309 e. The Kier molecular flexibility index (Phi) is 12.6. The van der Waals surface area contributed by atoms with Crippen LogP contribution >= 0.6 is 0 Å². The van der Waals surface area contributed by atoms with Crippen molar-refractivity contribution < 1.29 is 0 Å². The standard InChI is InChI=1S/C94H59N7/c1-3-23-62(24-4-1)81-59-82(96-94(95-81)63-25-5-2-6-26-63)64-55-77(60-43-47-65(48-44-60)97-83-35-15-7-27-69(83)70-28-8-16-36-84(70)97)93(78(56-64)61-45-49-66(50-46-61)98-85-37-17-9-29-71(85)72-30-10-18-38-86(72)98)101-91-53-51-67(99-87-39-19-11-31-73(87)74-32-12-20-40-88(74)99)57-79(91)80-58-68(52-54-92(80)101)100-89-41-21-13-33-75(89)76-34-14-22-42-90(76)100/h1-59H. The second-order valence-corrected chi connectivity index (χ2v) is 26.4. The molecule has 0 unspecified atom stereocenters. The Balaban J connectivity index is 0.883. The van der Waals surface area contributed by atoms with Crippen LogP contribution in [0.4, 0.5) is 0 Å². The minimum absolute atomic E-state index is 0.653. The van der Waals surface area contributed by atoms with Crippen LogP contribution in [0.1, 0.15) is 0 Å². The van der Waals surface area contributed by atoms with Crippen LogP contribution in [0.5, 0.6) is 0 Å². The van der Waals surface area contributed by atoms with Gasteiger partial charge in [0.15, 0.2) is 5.82 Å². The van der Waals surface area contributed by atoms with E-state index in [1.807, 2.05) is 6.07 Å². The molecular formula is C94H59N7. The first kappa shape index (κ1) is 56.5. The highest BCUT2D eigenvalue weighted by atomic mass is 15.0. The third-order valence-corrected chi connectivity index (χ3v) is 20.9. The quantitative estimate of drug-likeness (QED) is 0.137. The molecule has 0 atom stereocenters. The van der Waals surface area contributed by atoms with E-state index in [-0.39, 0.29) is 0 Å². The molecule has 0 radical (unpaired) electrons. The lowest BCUT2D eigenvalue weighted by atomic mass is 9.91. The molecule has 101 heavy (non-hydrogen) atoms. The van der Waals surface area contributed by atoms with Crippen LogP contribution in [0.3, 0.4) is 0 Å². The first-order chi connectivity index (χ1) is 50.1. The van der Waals surface area contributed by atoms with E-state index in [0.717, 1.165) is 145 Å². The van der Waals surface area contributed by atoms with Gasteiger partial charge in [0.2, 0.25) is 0 Å². The smallest absolute Gasteiger partial charge is 0.160 e. The molecule has 6 aromatic heterocycles. The summed E-state index contributed by atoms with van der Waals surface area (Å²) in [5.74, 6) is 0.653. The van der Waals surface area contributed by atoms with Crippen molar-refractivity contribution in [2.75, 3.05) is 0 Å². The van der Waals surface area contributed by atoms with Crippen LogP contribution in [0.25, 0.3) is 194 Å². The first-order valence-electron chi connectivity index (χ1n) is 34.5. The zero-order valence-electron chi connectivity index (χ0n) is 54.7. The van der Waals surface area contributed by atoms with E-state index in [0.29, 0.717) is 5.82 Å². The molecule has 0 fully saturated rings.